The van der Waals surface area contributed by atoms with Crippen molar-refractivity contribution in [2.24, 2.45) is 0 Å². The highest BCUT2D eigenvalue weighted by atomic mass is 35.5. The lowest BCUT2D eigenvalue weighted by molar-refractivity contribution is 0.0975. The number of anilines is 1. The molecule has 0 atom stereocenters. The number of nitrogens with one attached hydrogen (secondary N) is 1. The number of hydrogen-bond acceptors (Lipinski definition) is 5. The first-order chi connectivity index (χ1) is 10.9. The molecule has 1 N–H and O–H groups in total. The molecule has 2 aromatic heterocycles. The van der Waals surface area contributed by atoms with E-state index in [1.165, 1.54) is 0 Å². The normalized spacial score (nSPS) is 13.8. The van der Waals surface area contributed by atoms with Gasteiger partial charge in [-0.2, -0.15) is 0 Å². The minimum absolute atomic E-state index is 0.0230. The average molecular weight is 411 g/mol. The van der Waals surface area contributed by atoms with Crippen molar-refractivity contribution in [3.05, 3.63) is 36.5 Å². The number of fused-ring (bicyclic) bond motifs is 1. The largest absolute Gasteiger partial charge is 0.296 e. The van der Waals surface area contributed by atoms with Gasteiger partial charge in [0.25, 0.3) is 5.91 Å². The van der Waals surface area contributed by atoms with E-state index in [1.807, 2.05) is 0 Å². The van der Waals surface area contributed by atoms with E-state index < -0.39 is 5.91 Å². The average Bonchev–Trinajstić information content (AvgIpc) is 2.92. The van der Waals surface area contributed by atoms with E-state index in [0.717, 1.165) is 17.8 Å². The molecule has 0 aliphatic heterocycles. The van der Waals surface area contributed by atoms with Crippen molar-refractivity contribution in [2.45, 2.75) is 19.3 Å². The topological polar surface area (TPSA) is 72.0 Å². The highest BCUT2D eigenvalue weighted by Crippen LogP contribution is 2.36. The van der Waals surface area contributed by atoms with Crippen molar-refractivity contribution in [1.29, 1.82) is 0 Å². The van der Waals surface area contributed by atoms with Gasteiger partial charge in [0.15, 0.2) is 16.6 Å². The molecular formula is C13H7Cl4N3O2S. The van der Waals surface area contributed by atoms with Crippen LogP contribution < -0.4 is 5.32 Å². The van der Waals surface area contributed by atoms with Crippen LogP contribution in [0.3, 0.4) is 0 Å². The fourth-order valence-corrected chi connectivity index (χ4v) is 3.90. The Balaban J connectivity index is 1.90. The van der Waals surface area contributed by atoms with Crippen LogP contribution in [0.5, 0.6) is 0 Å². The predicted octanol–water partition coefficient (Wildman–Crippen LogP) is 4.92. The number of hydrogen-bond donors (Lipinski definition) is 1. The van der Waals surface area contributed by atoms with Gasteiger partial charge >= 0.3 is 0 Å². The van der Waals surface area contributed by atoms with Crippen molar-refractivity contribution in [3.63, 3.8) is 0 Å². The molecular weight excluding hydrogens is 404 g/mol. The van der Waals surface area contributed by atoms with Gasteiger partial charge in [0.05, 0.1) is 25.6 Å². The Labute approximate surface area is 154 Å². The molecule has 2 aromatic rings. The van der Waals surface area contributed by atoms with Crippen LogP contribution >= 0.6 is 57.7 Å². The summed E-state index contributed by atoms with van der Waals surface area (Å²) >= 11 is 24.7. The number of pyridine rings is 1. The van der Waals surface area contributed by atoms with Crippen LogP contribution in [0.25, 0.3) is 0 Å². The molecule has 2 heterocycles. The second-order valence-corrected chi connectivity index (χ2v) is 7.21. The molecule has 0 radical (unpaired) electrons. The number of halogens is 4. The SMILES string of the molecule is O=C(Nc1nc2c(s1)C(=O)CCC2)c1nc(Cl)c(Cl)c(Cl)c1Cl. The maximum Gasteiger partial charge on any atom is 0.277 e. The molecule has 0 unspecified atom stereocenters. The molecule has 0 aromatic carbocycles. The summed E-state index contributed by atoms with van der Waals surface area (Å²) in [5.74, 6) is -0.591. The summed E-state index contributed by atoms with van der Waals surface area (Å²) in [6, 6.07) is 0. The Morgan fingerprint density at radius 2 is 1.78 bits per heavy atom. The second kappa shape index (κ2) is 6.53. The molecule has 3 rings (SSSR count). The summed E-state index contributed by atoms with van der Waals surface area (Å²) < 4.78 is 0. The molecule has 0 spiro atoms. The van der Waals surface area contributed by atoms with Crippen LogP contribution in [0.4, 0.5) is 5.13 Å². The number of nitrogens with zero attached hydrogens (tertiary/aromatic N) is 2. The van der Waals surface area contributed by atoms with Crippen molar-refractivity contribution >= 4 is 74.6 Å². The monoisotopic (exact) mass is 409 g/mol. The first kappa shape index (κ1) is 16.9. The number of carbonyl (C=O) groups is 2. The summed E-state index contributed by atoms with van der Waals surface area (Å²) in [5, 5.41) is 2.56. The first-order valence-corrected chi connectivity index (χ1v) is 8.75. The third-order valence-corrected chi connectivity index (χ3v) is 5.92. The van der Waals surface area contributed by atoms with Crippen molar-refractivity contribution in [1.82, 2.24) is 9.97 Å². The van der Waals surface area contributed by atoms with Gasteiger partial charge in [-0.15, -0.1) is 0 Å². The highest BCUT2D eigenvalue weighted by molar-refractivity contribution is 7.17. The number of rotatable bonds is 2. The van der Waals surface area contributed by atoms with Crippen LogP contribution in [0.15, 0.2) is 0 Å². The molecule has 0 saturated heterocycles. The number of amides is 1. The lowest BCUT2D eigenvalue weighted by Gasteiger charge is -2.07. The summed E-state index contributed by atoms with van der Waals surface area (Å²) in [5.41, 5.74) is 0.540. The molecule has 1 aliphatic rings. The highest BCUT2D eigenvalue weighted by Gasteiger charge is 2.25. The maximum absolute atomic E-state index is 12.3. The van der Waals surface area contributed by atoms with Gasteiger partial charge < -0.3 is 0 Å². The van der Waals surface area contributed by atoms with Gasteiger partial charge in [0, 0.05) is 6.42 Å². The van der Waals surface area contributed by atoms with Gasteiger partial charge in [-0.3, -0.25) is 14.9 Å². The predicted molar refractivity (Wildman–Crippen MR) is 91.6 cm³/mol. The number of ketones is 1. The van der Waals surface area contributed by atoms with Crippen LogP contribution in [0.1, 0.15) is 38.7 Å². The summed E-state index contributed by atoms with van der Waals surface area (Å²) in [4.78, 5) is 32.8. The first-order valence-electron chi connectivity index (χ1n) is 6.42. The Morgan fingerprint density at radius 1 is 1.04 bits per heavy atom. The number of carbonyl (C=O) groups excluding carboxylic acids is 2. The Kier molecular flexibility index (Phi) is 4.80. The quantitative estimate of drug-likeness (QED) is 0.713. The standard InChI is InChI=1S/C13H7Cl4N3O2S/c14-6-7(15)9(19-11(17)8(6)16)12(22)20-13-18-4-2-1-3-5(21)10(4)23-13/h1-3H2,(H,18,20,22). The Bertz CT molecular complexity index is 837. The van der Waals surface area contributed by atoms with Crippen LogP contribution in [0, 0.1) is 0 Å². The Morgan fingerprint density at radius 3 is 2.48 bits per heavy atom. The third-order valence-electron chi connectivity index (χ3n) is 3.19. The lowest BCUT2D eigenvalue weighted by atomic mass is 10.0. The zero-order valence-corrected chi connectivity index (χ0v) is 15.1. The molecule has 1 amide bonds. The number of thiazole rings is 1. The lowest BCUT2D eigenvalue weighted by Crippen LogP contribution is -2.15. The fraction of sp³-hybridized carbons (Fsp3) is 0.231. The van der Waals surface area contributed by atoms with Crippen molar-refractivity contribution < 1.29 is 9.59 Å². The number of Topliss-reactive ketones (excluding diaryl/α,β-unsaturated/α-hetero) is 1. The molecule has 10 heteroatoms. The summed E-state index contributed by atoms with van der Waals surface area (Å²) in [6.07, 6.45) is 1.97. The van der Waals surface area contributed by atoms with Crippen LogP contribution in [0.2, 0.25) is 20.2 Å². The number of aromatic nitrogens is 2. The minimum Gasteiger partial charge on any atom is -0.296 e. The fourth-order valence-electron chi connectivity index (χ4n) is 2.12. The van der Waals surface area contributed by atoms with Gasteiger partial charge in [0.2, 0.25) is 0 Å². The van der Waals surface area contributed by atoms with Crippen molar-refractivity contribution in [2.75, 3.05) is 5.32 Å². The number of aryl methyl sites for hydroxylation is 1. The van der Waals surface area contributed by atoms with Gasteiger partial charge in [-0.1, -0.05) is 57.7 Å². The molecule has 5 nitrogen and oxygen atoms in total. The van der Waals surface area contributed by atoms with Crippen LogP contribution in [-0.4, -0.2) is 21.7 Å². The molecule has 0 fully saturated rings. The molecule has 0 saturated carbocycles. The van der Waals surface area contributed by atoms with E-state index in [1.54, 1.807) is 0 Å². The molecule has 120 valence electrons. The van der Waals surface area contributed by atoms with Crippen LogP contribution in [-0.2, 0) is 6.42 Å². The minimum atomic E-state index is -0.631. The van der Waals surface area contributed by atoms with E-state index >= 15 is 0 Å². The summed E-state index contributed by atoms with van der Waals surface area (Å²) in [7, 11) is 0. The van der Waals surface area contributed by atoms with E-state index in [-0.39, 0.29) is 31.7 Å². The van der Waals surface area contributed by atoms with E-state index in [0.29, 0.717) is 28.5 Å². The second-order valence-electron chi connectivity index (χ2n) is 4.72. The maximum atomic E-state index is 12.3. The molecule has 1 aliphatic carbocycles. The van der Waals surface area contributed by atoms with Gasteiger partial charge in [-0.25, -0.2) is 9.97 Å². The van der Waals surface area contributed by atoms with E-state index in [9.17, 15) is 9.59 Å². The van der Waals surface area contributed by atoms with Gasteiger partial charge in [0.1, 0.15) is 5.15 Å². The smallest absolute Gasteiger partial charge is 0.277 e. The van der Waals surface area contributed by atoms with E-state index in [2.05, 4.69) is 15.3 Å². The zero-order chi connectivity index (χ0) is 16.7. The third kappa shape index (κ3) is 3.19. The summed E-state index contributed by atoms with van der Waals surface area (Å²) in [6.45, 7) is 0. The van der Waals surface area contributed by atoms with E-state index in [4.69, 9.17) is 46.4 Å². The zero-order valence-electron chi connectivity index (χ0n) is 11.3. The molecule has 0 bridgehead atoms. The van der Waals surface area contributed by atoms with Gasteiger partial charge in [-0.05, 0) is 12.8 Å². The molecule has 23 heavy (non-hydrogen) atoms. The van der Waals surface area contributed by atoms with Crippen molar-refractivity contribution in [3.8, 4) is 0 Å². The Hall–Kier alpha value is -0.920.